The third kappa shape index (κ3) is 2.74. The lowest BCUT2D eigenvalue weighted by molar-refractivity contribution is -0.135. The van der Waals surface area contributed by atoms with Crippen molar-refractivity contribution in [3.05, 3.63) is 35.9 Å². The van der Waals surface area contributed by atoms with E-state index in [-0.39, 0.29) is 5.92 Å². The number of hydrogen-bond acceptors (Lipinski definition) is 3. The number of amides is 4. The van der Waals surface area contributed by atoms with E-state index in [9.17, 15) is 14.4 Å². The lowest BCUT2D eigenvalue weighted by atomic mass is 9.82. The molecule has 0 unspecified atom stereocenters. The number of carbonyl (C=O) groups is 3. The third-order valence-electron chi connectivity index (χ3n) is 3.47. The van der Waals surface area contributed by atoms with Gasteiger partial charge in [0.25, 0.3) is 5.91 Å². The summed E-state index contributed by atoms with van der Waals surface area (Å²) >= 11 is 0. The van der Waals surface area contributed by atoms with Gasteiger partial charge in [0.15, 0.2) is 0 Å². The maximum atomic E-state index is 12.7. The molecule has 1 saturated heterocycles. The number of carbonyl (C=O) groups excluding carboxylic acids is 3. The standard InChI is InChI=1S/C15H19N3O3/c1-10(2)8-15(11-6-4-3-5-7-11)13(20)18(9-12(16)19)14(21)17-15/h3-7,10H,8-9H2,1-2H3,(H2,16,19)(H,17,21)/t15-/m0/s1. The average Bonchev–Trinajstić information content (AvgIpc) is 2.64. The molecule has 2 rings (SSSR count). The third-order valence-corrected chi connectivity index (χ3v) is 3.47. The number of rotatable bonds is 5. The van der Waals surface area contributed by atoms with E-state index in [1.807, 2.05) is 32.0 Å². The first-order valence-electron chi connectivity index (χ1n) is 6.85. The molecule has 0 radical (unpaired) electrons. The highest BCUT2D eigenvalue weighted by molar-refractivity contribution is 6.09. The molecule has 4 amide bonds. The molecule has 3 N–H and O–H groups in total. The molecule has 6 heteroatoms. The highest BCUT2D eigenvalue weighted by Crippen LogP contribution is 2.34. The van der Waals surface area contributed by atoms with E-state index >= 15 is 0 Å². The lowest BCUT2D eigenvalue weighted by Crippen LogP contribution is -2.45. The zero-order chi connectivity index (χ0) is 15.6. The van der Waals surface area contributed by atoms with Crippen molar-refractivity contribution in [2.45, 2.75) is 25.8 Å². The SMILES string of the molecule is CC(C)C[C@@]1(c2ccccc2)NC(=O)N(CC(N)=O)C1=O. The highest BCUT2D eigenvalue weighted by Gasteiger charge is 2.52. The minimum Gasteiger partial charge on any atom is -0.368 e. The van der Waals surface area contributed by atoms with Crippen LogP contribution in [0, 0.1) is 5.92 Å². The van der Waals surface area contributed by atoms with E-state index in [0.29, 0.717) is 12.0 Å². The zero-order valence-electron chi connectivity index (χ0n) is 12.1. The number of imide groups is 1. The van der Waals surface area contributed by atoms with Gasteiger partial charge >= 0.3 is 6.03 Å². The number of nitrogens with one attached hydrogen (secondary N) is 1. The summed E-state index contributed by atoms with van der Waals surface area (Å²) in [6.45, 7) is 3.54. The minimum absolute atomic E-state index is 0.183. The number of hydrogen-bond donors (Lipinski definition) is 2. The van der Waals surface area contributed by atoms with Gasteiger partial charge in [0.1, 0.15) is 12.1 Å². The molecule has 0 spiro atoms. The van der Waals surface area contributed by atoms with Crippen LogP contribution >= 0.6 is 0 Å². The molecule has 0 aliphatic carbocycles. The molecule has 0 saturated carbocycles. The molecule has 1 aliphatic rings. The van der Waals surface area contributed by atoms with Crippen LogP contribution in [-0.4, -0.2) is 29.3 Å². The van der Waals surface area contributed by atoms with Crippen LogP contribution in [0.4, 0.5) is 4.79 Å². The molecule has 112 valence electrons. The number of urea groups is 1. The largest absolute Gasteiger partial charge is 0.368 e. The zero-order valence-corrected chi connectivity index (χ0v) is 12.1. The monoisotopic (exact) mass is 289 g/mol. The summed E-state index contributed by atoms with van der Waals surface area (Å²) in [5, 5.41) is 2.75. The summed E-state index contributed by atoms with van der Waals surface area (Å²) in [6, 6.07) is 8.49. The second-order valence-electron chi connectivity index (χ2n) is 5.66. The van der Waals surface area contributed by atoms with E-state index in [0.717, 1.165) is 4.90 Å². The van der Waals surface area contributed by atoms with Gasteiger partial charge in [-0.15, -0.1) is 0 Å². The Kier molecular flexibility index (Phi) is 3.97. The van der Waals surface area contributed by atoms with Gasteiger partial charge in [-0.3, -0.25) is 14.5 Å². The first kappa shape index (κ1) is 15.0. The van der Waals surface area contributed by atoms with E-state index in [2.05, 4.69) is 5.32 Å². The van der Waals surface area contributed by atoms with Gasteiger partial charge in [-0.2, -0.15) is 0 Å². The van der Waals surface area contributed by atoms with Gasteiger partial charge in [-0.25, -0.2) is 4.79 Å². The summed E-state index contributed by atoms with van der Waals surface area (Å²) in [7, 11) is 0. The van der Waals surface area contributed by atoms with Crippen LogP contribution in [0.3, 0.4) is 0 Å². The Morgan fingerprint density at radius 1 is 1.29 bits per heavy atom. The number of benzene rings is 1. The lowest BCUT2D eigenvalue weighted by Gasteiger charge is -2.29. The van der Waals surface area contributed by atoms with E-state index in [1.54, 1.807) is 12.1 Å². The summed E-state index contributed by atoms with van der Waals surface area (Å²) in [6.07, 6.45) is 0.455. The molecule has 1 aliphatic heterocycles. The molecule has 1 heterocycles. The van der Waals surface area contributed by atoms with Crippen molar-refractivity contribution in [1.29, 1.82) is 0 Å². The van der Waals surface area contributed by atoms with Crippen LogP contribution in [0.25, 0.3) is 0 Å². The quantitative estimate of drug-likeness (QED) is 0.791. The molecule has 21 heavy (non-hydrogen) atoms. The molecule has 6 nitrogen and oxygen atoms in total. The summed E-state index contributed by atoms with van der Waals surface area (Å²) in [5.74, 6) is -0.957. The van der Waals surface area contributed by atoms with Crippen molar-refractivity contribution in [2.24, 2.45) is 11.7 Å². The summed E-state index contributed by atoms with van der Waals surface area (Å²) in [5.41, 5.74) is 4.70. The molecule has 1 aromatic carbocycles. The Bertz CT molecular complexity index is 571. The van der Waals surface area contributed by atoms with Crippen LogP contribution in [0.1, 0.15) is 25.8 Å². The van der Waals surface area contributed by atoms with Gasteiger partial charge in [-0.1, -0.05) is 44.2 Å². The van der Waals surface area contributed by atoms with E-state index < -0.39 is 29.9 Å². The predicted molar refractivity (Wildman–Crippen MR) is 77.0 cm³/mol. The average molecular weight is 289 g/mol. The van der Waals surface area contributed by atoms with Crippen molar-refractivity contribution in [3.8, 4) is 0 Å². The molecule has 1 aromatic rings. The topological polar surface area (TPSA) is 92.5 Å². The molecular weight excluding hydrogens is 270 g/mol. The van der Waals surface area contributed by atoms with Crippen molar-refractivity contribution in [3.63, 3.8) is 0 Å². The fourth-order valence-corrected chi connectivity index (χ4v) is 2.71. The van der Waals surface area contributed by atoms with Gasteiger partial charge in [0, 0.05) is 0 Å². The Labute approximate surface area is 123 Å². The number of nitrogens with two attached hydrogens (primary N) is 1. The van der Waals surface area contributed by atoms with Gasteiger partial charge in [0.05, 0.1) is 0 Å². The van der Waals surface area contributed by atoms with Crippen LogP contribution < -0.4 is 11.1 Å². The van der Waals surface area contributed by atoms with Crippen LogP contribution in [0.5, 0.6) is 0 Å². The maximum Gasteiger partial charge on any atom is 0.325 e. The van der Waals surface area contributed by atoms with Crippen LogP contribution in [0.15, 0.2) is 30.3 Å². The van der Waals surface area contributed by atoms with Crippen LogP contribution in [-0.2, 0) is 15.1 Å². The number of nitrogens with zero attached hydrogens (tertiary/aromatic N) is 1. The van der Waals surface area contributed by atoms with Crippen molar-refractivity contribution in [2.75, 3.05) is 6.54 Å². The first-order chi connectivity index (χ1) is 9.86. The Morgan fingerprint density at radius 2 is 1.90 bits per heavy atom. The second-order valence-corrected chi connectivity index (χ2v) is 5.66. The first-order valence-corrected chi connectivity index (χ1v) is 6.85. The van der Waals surface area contributed by atoms with E-state index in [4.69, 9.17) is 5.73 Å². The Morgan fingerprint density at radius 3 is 2.43 bits per heavy atom. The number of primary amides is 1. The van der Waals surface area contributed by atoms with Crippen molar-refractivity contribution < 1.29 is 14.4 Å². The molecule has 0 bridgehead atoms. The summed E-state index contributed by atoms with van der Waals surface area (Å²) < 4.78 is 0. The fraction of sp³-hybridized carbons (Fsp3) is 0.400. The van der Waals surface area contributed by atoms with Gasteiger partial charge in [-0.05, 0) is 17.9 Å². The molecule has 1 atom stereocenters. The fourth-order valence-electron chi connectivity index (χ4n) is 2.71. The smallest absolute Gasteiger partial charge is 0.325 e. The second kappa shape index (κ2) is 5.55. The normalized spacial score (nSPS) is 21.8. The van der Waals surface area contributed by atoms with Gasteiger partial charge in [0.2, 0.25) is 5.91 Å². The predicted octanol–water partition coefficient (Wildman–Crippen LogP) is 0.965. The van der Waals surface area contributed by atoms with E-state index in [1.165, 1.54) is 0 Å². The van der Waals surface area contributed by atoms with Crippen molar-refractivity contribution >= 4 is 17.8 Å². The van der Waals surface area contributed by atoms with Gasteiger partial charge < -0.3 is 11.1 Å². The Hall–Kier alpha value is -2.37. The molecule has 0 aromatic heterocycles. The Balaban J connectivity index is 2.45. The summed E-state index contributed by atoms with van der Waals surface area (Å²) in [4.78, 5) is 36.8. The molecular formula is C15H19N3O3. The highest BCUT2D eigenvalue weighted by atomic mass is 16.2. The van der Waals surface area contributed by atoms with Crippen molar-refractivity contribution in [1.82, 2.24) is 10.2 Å². The molecule has 1 fully saturated rings. The minimum atomic E-state index is -1.12. The maximum absolute atomic E-state index is 12.7. The van der Waals surface area contributed by atoms with Crippen LogP contribution in [0.2, 0.25) is 0 Å².